The maximum Gasteiger partial charge on any atom is 0.241 e. The molecule has 0 saturated heterocycles. The number of nitrogens with two attached hydrogens (primary N) is 1. The Bertz CT molecular complexity index is 573. The van der Waals surface area contributed by atoms with Crippen LogP contribution < -0.4 is 10.5 Å². The lowest BCUT2D eigenvalue weighted by molar-refractivity contribution is 0.503. The van der Waals surface area contributed by atoms with Gasteiger partial charge in [0, 0.05) is 0 Å². The predicted octanol–water partition coefficient (Wildman–Crippen LogP) is 1.87. The molecule has 0 heterocycles. The second-order valence-corrected chi connectivity index (χ2v) is 7.19. The Kier molecular flexibility index (Phi) is 3.94. The Morgan fingerprint density at radius 2 is 1.79 bits per heavy atom. The molecule has 4 nitrogen and oxygen atoms in total. The molecule has 0 spiro atoms. The summed E-state index contributed by atoms with van der Waals surface area (Å²) in [6.45, 7) is 1.91. The van der Waals surface area contributed by atoms with Gasteiger partial charge >= 0.3 is 0 Å². The van der Waals surface area contributed by atoms with Crippen LogP contribution in [0, 0.1) is 6.92 Å². The third-order valence-corrected chi connectivity index (χ3v) is 5.53. The first-order valence-electron chi connectivity index (χ1n) is 6.26. The van der Waals surface area contributed by atoms with Gasteiger partial charge in [-0.2, -0.15) is 4.72 Å². The third kappa shape index (κ3) is 2.96. The molecule has 0 atom stereocenters. The molecule has 104 valence electrons. The van der Waals surface area contributed by atoms with E-state index in [9.17, 15) is 8.42 Å². The SMILES string of the molecule is Cc1ccc(S(=O)(=O)NC2(C(N)=S)CCCC2)cc1. The smallest absolute Gasteiger partial charge is 0.241 e. The molecule has 1 fully saturated rings. The number of thiocarbonyl (C=S) groups is 1. The monoisotopic (exact) mass is 298 g/mol. The van der Waals surface area contributed by atoms with E-state index >= 15 is 0 Å². The number of hydrogen-bond donors (Lipinski definition) is 2. The first kappa shape index (κ1) is 14.4. The van der Waals surface area contributed by atoms with E-state index in [1.54, 1.807) is 24.3 Å². The average molecular weight is 298 g/mol. The number of benzene rings is 1. The minimum absolute atomic E-state index is 0.237. The van der Waals surface area contributed by atoms with Gasteiger partial charge in [-0.05, 0) is 31.9 Å². The molecule has 19 heavy (non-hydrogen) atoms. The Morgan fingerprint density at radius 1 is 1.26 bits per heavy atom. The summed E-state index contributed by atoms with van der Waals surface area (Å²) < 4.78 is 27.5. The van der Waals surface area contributed by atoms with Crippen molar-refractivity contribution >= 4 is 27.2 Å². The molecule has 1 aromatic rings. The predicted molar refractivity (Wildman–Crippen MR) is 79.5 cm³/mol. The van der Waals surface area contributed by atoms with Gasteiger partial charge in [0.1, 0.15) is 0 Å². The number of hydrogen-bond acceptors (Lipinski definition) is 3. The average Bonchev–Trinajstić information content (AvgIpc) is 2.78. The van der Waals surface area contributed by atoms with Crippen LogP contribution in [0.1, 0.15) is 31.2 Å². The van der Waals surface area contributed by atoms with Gasteiger partial charge in [0.05, 0.1) is 15.4 Å². The van der Waals surface area contributed by atoms with Gasteiger partial charge in [0.25, 0.3) is 0 Å². The lowest BCUT2D eigenvalue weighted by atomic mass is 10.00. The minimum atomic E-state index is -3.58. The van der Waals surface area contributed by atoms with Crippen LogP contribution in [0.3, 0.4) is 0 Å². The highest BCUT2D eigenvalue weighted by atomic mass is 32.2. The van der Waals surface area contributed by atoms with E-state index < -0.39 is 15.6 Å². The van der Waals surface area contributed by atoms with E-state index in [-0.39, 0.29) is 9.88 Å². The summed E-state index contributed by atoms with van der Waals surface area (Å²) in [5.41, 5.74) is 6.01. The molecule has 0 amide bonds. The van der Waals surface area contributed by atoms with Gasteiger partial charge in [-0.1, -0.05) is 42.8 Å². The summed E-state index contributed by atoms with van der Waals surface area (Å²) in [4.78, 5) is 0.487. The van der Waals surface area contributed by atoms with Crippen LogP contribution in [0.5, 0.6) is 0 Å². The van der Waals surface area contributed by atoms with E-state index in [0.29, 0.717) is 12.8 Å². The molecule has 1 aliphatic rings. The van der Waals surface area contributed by atoms with Gasteiger partial charge in [-0.3, -0.25) is 0 Å². The Balaban J connectivity index is 2.30. The van der Waals surface area contributed by atoms with Crippen molar-refractivity contribution in [1.29, 1.82) is 0 Å². The molecule has 1 aliphatic carbocycles. The van der Waals surface area contributed by atoms with Crippen LogP contribution in [0.15, 0.2) is 29.2 Å². The van der Waals surface area contributed by atoms with Crippen LogP contribution in [0.4, 0.5) is 0 Å². The molecule has 1 saturated carbocycles. The fraction of sp³-hybridized carbons (Fsp3) is 0.462. The highest BCUT2D eigenvalue weighted by molar-refractivity contribution is 7.89. The number of rotatable bonds is 4. The van der Waals surface area contributed by atoms with Crippen LogP contribution >= 0.6 is 12.2 Å². The maximum atomic E-state index is 12.4. The zero-order chi connectivity index (χ0) is 14.1. The fourth-order valence-corrected chi connectivity index (χ4v) is 4.17. The molecule has 0 bridgehead atoms. The molecule has 3 N–H and O–H groups in total. The molecule has 1 aromatic carbocycles. The molecule has 6 heteroatoms. The molecule has 2 rings (SSSR count). The van der Waals surface area contributed by atoms with Gasteiger partial charge in [0.15, 0.2) is 0 Å². The molecule has 0 aromatic heterocycles. The highest BCUT2D eigenvalue weighted by Gasteiger charge is 2.40. The molecule has 0 aliphatic heterocycles. The normalized spacial score (nSPS) is 18.4. The summed E-state index contributed by atoms with van der Waals surface area (Å²) in [7, 11) is -3.58. The van der Waals surface area contributed by atoms with Crippen molar-refractivity contribution in [3.8, 4) is 0 Å². The lowest BCUT2D eigenvalue weighted by Gasteiger charge is -2.28. The van der Waals surface area contributed by atoms with Crippen LogP contribution in [0.25, 0.3) is 0 Å². The van der Waals surface area contributed by atoms with E-state index in [1.807, 2.05) is 6.92 Å². The summed E-state index contributed by atoms with van der Waals surface area (Å²) in [6, 6.07) is 6.74. The Morgan fingerprint density at radius 3 is 2.26 bits per heavy atom. The summed E-state index contributed by atoms with van der Waals surface area (Å²) in [5.74, 6) is 0. The summed E-state index contributed by atoms with van der Waals surface area (Å²) in [5, 5.41) is 0. The Hall–Kier alpha value is -0.980. The fourth-order valence-electron chi connectivity index (χ4n) is 2.41. The van der Waals surface area contributed by atoms with Crippen LogP contribution in [-0.2, 0) is 10.0 Å². The van der Waals surface area contributed by atoms with E-state index in [0.717, 1.165) is 18.4 Å². The zero-order valence-electron chi connectivity index (χ0n) is 10.8. The number of sulfonamides is 1. The number of aryl methyl sites for hydroxylation is 1. The van der Waals surface area contributed by atoms with Crippen molar-refractivity contribution in [3.63, 3.8) is 0 Å². The minimum Gasteiger partial charge on any atom is -0.392 e. The molecular weight excluding hydrogens is 280 g/mol. The van der Waals surface area contributed by atoms with Crippen LogP contribution in [-0.4, -0.2) is 18.9 Å². The molecular formula is C13H18N2O2S2. The molecule has 0 radical (unpaired) electrons. The van der Waals surface area contributed by atoms with E-state index in [1.165, 1.54) is 0 Å². The summed E-state index contributed by atoms with van der Waals surface area (Å²) in [6.07, 6.45) is 3.22. The van der Waals surface area contributed by atoms with Crippen molar-refractivity contribution in [1.82, 2.24) is 4.72 Å². The van der Waals surface area contributed by atoms with Crippen molar-refractivity contribution in [3.05, 3.63) is 29.8 Å². The quantitative estimate of drug-likeness (QED) is 0.832. The van der Waals surface area contributed by atoms with Crippen molar-refractivity contribution < 1.29 is 8.42 Å². The maximum absolute atomic E-state index is 12.4. The van der Waals surface area contributed by atoms with E-state index in [4.69, 9.17) is 18.0 Å². The van der Waals surface area contributed by atoms with Crippen molar-refractivity contribution in [2.24, 2.45) is 5.73 Å². The highest BCUT2D eigenvalue weighted by Crippen LogP contribution is 2.31. The first-order valence-corrected chi connectivity index (χ1v) is 8.15. The zero-order valence-corrected chi connectivity index (χ0v) is 12.5. The Labute approximate surface area is 119 Å². The molecule has 0 unspecified atom stereocenters. The number of nitrogens with one attached hydrogen (secondary N) is 1. The van der Waals surface area contributed by atoms with Crippen molar-refractivity contribution in [2.45, 2.75) is 43.0 Å². The summed E-state index contributed by atoms with van der Waals surface area (Å²) >= 11 is 5.06. The van der Waals surface area contributed by atoms with E-state index in [2.05, 4.69) is 4.72 Å². The topological polar surface area (TPSA) is 72.2 Å². The van der Waals surface area contributed by atoms with Gasteiger partial charge in [0.2, 0.25) is 10.0 Å². The lowest BCUT2D eigenvalue weighted by Crippen LogP contribution is -2.54. The first-order chi connectivity index (χ1) is 8.86. The van der Waals surface area contributed by atoms with Crippen molar-refractivity contribution in [2.75, 3.05) is 0 Å². The standard InChI is InChI=1S/C13H18N2O2S2/c1-10-4-6-11(7-5-10)19(16,17)15-13(12(14)18)8-2-3-9-13/h4-7,15H,2-3,8-9H2,1H3,(H2,14,18). The third-order valence-electron chi connectivity index (χ3n) is 3.59. The van der Waals surface area contributed by atoms with Gasteiger partial charge in [-0.25, -0.2) is 8.42 Å². The second-order valence-electron chi connectivity index (χ2n) is 5.07. The largest absolute Gasteiger partial charge is 0.392 e. The van der Waals surface area contributed by atoms with Gasteiger partial charge in [-0.15, -0.1) is 0 Å². The second kappa shape index (κ2) is 5.19. The van der Waals surface area contributed by atoms with Gasteiger partial charge < -0.3 is 5.73 Å². The van der Waals surface area contributed by atoms with Crippen LogP contribution in [0.2, 0.25) is 0 Å².